The van der Waals surface area contributed by atoms with E-state index in [1.807, 2.05) is 0 Å². The van der Waals surface area contributed by atoms with Crippen molar-refractivity contribution in [1.82, 2.24) is 0 Å². The molecule has 0 atom stereocenters. The first-order valence-corrected chi connectivity index (χ1v) is 3.71. The van der Waals surface area contributed by atoms with Crippen LogP contribution in [0.5, 0.6) is 0 Å². The third kappa shape index (κ3) is 1.71. The fourth-order valence-electron chi connectivity index (χ4n) is 0.758. The molecule has 0 bridgehead atoms. The summed E-state index contributed by atoms with van der Waals surface area (Å²) in [5.41, 5.74) is 1.45. The van der Waals surface area contributed by atoms with Crippen molar-refractivity contribution in [2.75, 3.05) is 5.75 Å². The summed E-state index contributed by atoms with van der Waals surface area (Å²) in [6, 6.07) is 0. The number of nitrogens with one attached hydrogen (secondary N) is 1. The maximum absolute atomic E-state index is 8.42. The topological polar surface area (TPSA) is 56.4 Å². The Morgan fingerprint density at radius 3 is 2.82 bits per heavy atom. The second-order valence-corrected chi connectivity index (χ2v) is 2.43. The second kappa shape index (κ2) is 3.39. The molecule has 2 N–H and O–H groups in total. The quantitative estimate of drug-likeness (QED) is 0.235. The zero-order valence-electron chi connectivity index (χ0n) is 5.78. The first-order chi connectivity index (χ1) is 5.27. The van der Waals surface area contributed by atoms with Crippen LogP contribution in [0, 0.1) is 5.41 Å². The van der Waals surface area contributed by atoms with Gasteiger partial charge in [0.2, 0.25) is 0 Å². The molecular formula is C7H8N2OS. The lowest BCUT2D eigenvalue weighted by molar-refractivity contribution is 0.320. The molecule has 0 unspecified atom stereocenters. The van der Waals surface area contributed by atoms with Gasteiger partial charge >= 0.3 is 0 Å². The predicted molar refractivity (Wildman–Crippen MR) is 48.0 cm³/mol. The number of nitrogens with zero attached hydrogens (tertiary/aromatic N) is 1. The first-order valence-electron chi connectivity index (χ1n) is 3.08. The minimum Gasteiger partial charge on any atom is -0.410 e. The van der Waals surface area contributed by atoms with Crippen LogP contribution in [0.15, 0.2) is 29.0 Å². The van der Waals surface area contributed by atoms with E-state index in [1.165, 1.54) is 0 Å². The van der Waals surface area contributed by atoms with Gasteiger partial charge in [0, 0.05) is 5.75 Å². The minimum atomic E-state index is 0.220. The molecule has 0 saturated carbocycles. The van der Waals surface area contributed by atoms with Gasteiger partial charge in [-0.1, -0.05) is 11.2 Å². The molecule has 0 aromatic carbocycles. The van der Waals surface area contributed by atoms with Gasteiger partial charge in [-0.15, -0.1) is 0 Å². The van der Waals surface area contributed by atoms with E-state index in [-0.39, 0.29) is 11.4 Å². The Kier molecular flexibility index (Phi) is 2.48. The van der Waals surface area contributed by atoms with E-state index >= 15 is 0 Å². The van der Waals surface area contributed by atoms with Crippen molar-refractivity contribution in [3.8, 4) is 0 Å². The molecule has 11 heavy (non-hydrogen) atoms. The fraction of sp³-hybridized carbons (Fsp3) is 0.143. The summed E-state index contributed by atoms with van der Waals surface area (Å²) in [7, 11) is 0. The Morgan fingerprint density at radius 2 is 2.27 bits per heavy atom. The number of hydrogen-bond donors (Lipinski definition) is 3. The molecule has 0 radical (unpaired) electrons. The molecule has 0 saturated heterocycles. The average molecular weight is 168 g/mol. The van der Waals surface area contributed by atoms with E-state index in [0.717, 1.165) is 5.57 Å². The van der Waals surface area contributed by atoms with Crippen LogP contribution >= 0.6 is 12.6 Å². The number of hydrogen-bond acceptors (Lipinski definition) is 4. The smallest absolute Gasteiger partial charge is 0.127 e. The van der Waals surface area contributed by atoms with Crippen LogP contribution in [0.1, 0.15) is 0 Å². The lowest BCUT2D eigenvalue weighted by Gasteiger charge is -2.04. The zero-order chi connectivity index (χ0) is 8.27. The van der Waals surface area contributed by atoms with Crippen LogP contribution < -0.4 is 0 Å². The van der Waals surface area contributed by atoms with Crippen LogP contribution in [-0.4, -0.2) is 22.4 Å². The Morgan fingerprint density at radius 1 is 1.55 bits per heavy atom. The van der Waals surface area contributed by atoms with Crippen LogP contribution in [-0.2, 0) is 0 Å². The highest BCUT2D eigenvalue weighted by molar-refractivity contribution is 7.80. The Labute approximate surface area is 70.0 Å². The third-order valence-corrected chi connectivity index (χ3v) is 1.72. The zero-order valence-corrected chi connectivity index (χ0v) is 6.68. The van der Waals surface area contributed by atoms with E-state index in [9.17, 15) is 0 Å². The van der Waals surface area contributed by atoms with Crippen LogP contribution in [0.4, 0.5) is 0 Å². The predicted octanol–water partition coefficient (Wildman–Crippen LogP) is 1.26. The van der Waals surface area contributed by atoms with Gasteiger partial charge in [0.25, 0.3) is 0 Å². The molecule has 0 aliphatic heterocycles. The monoisotopic (exact) mass is 168 g/mol. The molecule has 58 valence electrons. The maximum atomic E-state index is 8.42. The number of allylic oxidation sites excluding steroid dienone is 3. The number of oxime groups is 1. The van der Waals surface area contributed by atoms with Gasteiger partial charge in [-0.3, -0.25) is 5.41 Å². The Bertz CT molecular complexity index is 266. The lowest BCUT2D eigenvalue weighted by Crippen LogP contribution is -2.11. The molecule has 4 heteroatoms. The first kappa shape index (κ1) is 8.07. The largest absolute Gasteiger partial charge is 0.410 e. The number of rotatable bonds is 1. The van der Waals surface area contributed by atoms with E-state index in [4.69, 9.17) is 10.6 Å². The minimum absolute atomic E-state index is 0.220. The van der Waals surface area contributed by atoms with Crippen LogP contribution in [0.3, 0.4) is 0 Å². The van der Waals surface area contributed by atoms with Crippen molar-refractivity contribution in [1.29, 1.82) is 5.41 Å². The van der Waals surface area contributed by atoms with Gasteiger partial charge in [0.15, 0.2) is 0 Å². The van der Waals surface area contributed by atoms with Crippen molar-refractivity contribution < 1.29 is 5.21 Å². The summed E-state index contributed by atoms with van der Waals surface area (Å²) in [4.78, 5) is 0. The summed E-state index contributed by atoms with van der Waals surface area (Å²) in [6.07, 6.45) is 5.00. The Hall–Kier alpha value is -1.03. The highest BCUT2D eigenvalue weighted by Gasteiger charge is 2.07. The molecule has 0 spiro atoms. The van der Waals surface area contributed by atoms with Crippen LogP contribution in [0.2, 0.25) is 0 Å². The molecule has 1 rings (SSSR count). The normalized spacial score (nSPS) is 20.6. The van der Waals surface area contributed by atoms with Gasteiger partial charge in [-0.05, 0) is 17.7 Å². The van der Waals surface area contributed by atoms with Crippen molar-refractivity contribution >= 4 is 24.1 Å². The van der Waals surface area contributed by atoms with Crippen molar-refractivity contribution in [3.63, 3.8) is 0 Å². The van der Waals surface area contributed by atoms with Gasteiger partial charge in [-0.2, -0.15) is 12.6 Å². The third-order valence-electron chi connectivity index (χ3n) is 1.35. The molecule has 0 aromatic heterocycles. The molecule has 0 amide bonds. The molecule has 0 fully saturated rings. The lowest BCUT2D eigenvalue weighted by atomic mass is 10.1. The van der Waals surface area contributed by atoms with Crippen molar-refractivity contribution in [2.45, 2.75) is 0 Å². The number of thiol groups is 1. The van der Waals surface area contributed by atoms with Crippen molar-refractivity contribution in [3.05, 3.63) is 23.8 Å². The highest BCUT2D eigenvalue weighted by Crippen LogP contribution is 2.06. The molecule has 3 nitrogen and oxygen atoms in total. The van der Waals surface area contributed by atoms with E-state index in [1.54, 1.807) is 18.2 Å². The van der Waals surface area contributed by atoms with Crippen molar-refractivity contribution in [2.24, 2.45) is 5.16 Å². The van der Waals surface area contributed by atoms with Crippen LogP contribution in [0.25, 0.3) is 0 Å². The molecule has 1 aliphatic rings. The molecular weight excluding hydrogens is 160 g/mol. The van der Waals surface area contributed by atoms with Gasteiger partial charge < -0.3 is 5.21 Å². The summed E-state index contributed by atoms with van der Waals surface area (Å²) in [5, 5.41) is 18.6. The summed E-state index contributed by atoms with van der Waals surface area (Å²) >= 11 is 4.05. The molecule has 1 aliphatic carbocycles. The fourth-order valence-corrected chi connectivity index (χ4v) is 0.955. The van der Waals surface area contributed by atoms with E-state index in [2.05, 4.69) is 17.8 Å². The average Bonchev–Trinajstić information content (AvgIpc) is 2.05. The Balaban J connectivity index is 2.93. The van der Waals surface area contributed by atoms with E-state index in [0.29, 0.717) is 5.75 Å². The summed E-state index contributed by atoms with van der Waals surface area (Å²) < 4.78 is 0. The molecule has 0 aromatic rings. The SMILES string of the molecule is N=C1C=CC(CS)=C/C1=N/O. The van der Waals surface area contributed by atoms with E-state index < -0.39 is 0 Å². The van der Waals surface area contributed by atoms with Gasteiger partial charge in [0.1, 0.15) is 5.71 Å². The van der Waals surface area contributed by atoms with Gasteiger partial charge in [-0.25, -0.2) is 0 Å². The highest BCUT2D eigenvalue weighted by atomic mass is 32.1. The maximum Gasteiger partial charge on any atom is 0.127 e. The summed E-state index contributed by atoms with van der Waals surface area (Å²) in [5.74, 6) is 0.586. The second-order valence-electron chi connectivity index (χ2n) is 2.11. The standard InChI is InChI=1S/C7H8N2OS/c8-6-2-1-5(4-11)3-7(6)9-10/h1-3,8,10-11H,4H2/b8-6?,9-7-. The van der Waals surface area contributed by atoms with Gasteiger partial charge in [0.05, 0.1) is 5.71 Å². The summed E-state index contributed by atoms with van der Waals surface area (Å²) in [6.45, 7) is 0. The molecule has 0 heterocycles.